The molecular weight excluding hydrogens is 236 g/mol. The van der Waals surface area contributed by atoms with Gasteiger partial charge in [-0.3, -0.25) is 0 Å². The molecule has 0 bridgehead atoms. The van der Waals surface area contributed by atoms with Gasteiger partial charge in [-0.15, -0.1) is 0 Å². The largest absolute Gasteiger partial charge is 0.508 e. The molecule has 0 fully saturated rings. The number of fused-ring (bicyclic) bond motifs is 1. The first-order valence-electron chi connectivity index (χ1n) is 6.53. The molecular formula is C17H18O2. The lowest BCUT2D eigenvalue weighted by molar-refractivity contribution is 0.0812. The first-order chi connectivity index (χ1) is 8.95. The molecule has 0 amide bonds. The summed E-state index contributed by atoms with van der Waals surface area (Å²) in [5, 5.41) is 9.48. The summed E-state index contributed by atoms with van der Waals surface area (Å²) >= 11 is 0. The third kappa shape index (κ3) is 1.56. The Morgan fingerprint density at radius 1 is 0.895 bits per heavy atom. The van der Waals surface area contributed by atoms with Crippen molar-refractivity contribution in [3.05, 3.63) is 59.7 Å². The summed E-state index contributed by atoms with van der Waals surface area (Å²) in [5.41, 5.74) is 1.80. The van der Waals surface area contributed by atoms with Crippen LogP contribution in [-0.2, 0) is 5.41 Å². The Morgan fingerprint density at radius 3 is 2.21 bits per heavy atom. The molecule has 19 heavy (non-hydrogen) atoms. The van der Waals surface area contributed by atoms with Crippen LogP contribution in [0.5, 0.6) is 11.5 Å². The summed E-state index contributed by atoms with van der Waals surface area (Å²) in [7, 11) is 0. The smallest absolute Gasteiger partial charge is 0.124 e. The van der Waals surface area contributed by atoms with E-state index < -0.39 is 0 Å². The van der Waals surface area contributed by atoms with E-state index in [1.54, 1.807) is 12.1 Å². The molecule has 0 aromatic heterocycles. The molecule has 1 aliphatic heterocycles. The number of hydrogen-bond donors (Lipinski definition) is 1. The van der Waals surface area contributed by atoms with Gasteiger partial charge < -0.3 is 9.84 Å². The van der Waals surface area contributed by atoms with Crippen LogP contribution in [-0.4, -0.2) is 10.7 Å². The fourth-order valence-electron chi connectivity index (χ4n) is 2.97. The highest BCUT2D eigenvalue weighted by molar-refractivity contribution is 5.53. The van der Waals surface area contributed by atoms with Crippen molar-refractivity contribution >= 4 is 0 Å². The number of para-hydroxylation sites is 1. The fourth-order valence-corrected chi connectivity index (χ4v) is 2.97. The molecule has 2 nitrogen and oxygen atoms in total. The Hall–Kier alpha value is -1.96. The lowest BCUT2D eigenvalue weighted by Crippen LogP contribution is -2.45. The average Bonchev–Trinajstić information content (AvgIpc) is 2.59. The molecule has 1 N–H and O–H groups in total. The standard InChI is InChI=1S/C17H18O2/c1-16(2)17(3,12-8-10-13(18)11-9-12)14-6-4-5-7-15(14)19-16/h4-11,18H,1-3H3. The van der Waals surface area contributed by atoms with Gasteiger partial charge in [-0.25, -0.2) is 0 Å². The Labute approximate surface area is 113 Å². The van der Waals surface area contributed by atoms with E-state index in [1.807, 2.05) is 30.3 Å². The van der Waals surface area contributed by atoms with E-state index in [1.165, 1.54) is 5.56 Å². The van der Waals surface area contributed by atoms with Gasteiger partial charge in [0.15, 0.2) is 0 Å². The van der Waals surface area contributed by atoms with Crippen LogP contribution in [0.1, 0.15) is 31.9 Å². The van der Waals surface area contributed by atoms with E-state index in [0.29, 0.717) is 0 Å². The molecule has 0 radical (unpaired) electrons. The molecule has 1 atom stereocenters. The van der Waals surface area contributed by atoms with Crippen molar-refractivity contribution < 1.29 is 9.84 Å². The van der Waals surface area contributed by atoms with Gasteiger partial charge in [0, 0.05) is 5.56 Å². The van der Waals surface area contributed by atoms with Crippen LogP contribution in [0.25, 0.3) is 0 Å². The van der Waals surface area contributed by atoms with E-state index >= 15 is 0 Å². The summed E-state index contributed by atoms with van der Waals surface area (Å²) < 4.78 is 6.13. The normalized spacial score (nSPS) is 23.7. The maximum Gasteiger partial charge on any atom is 0.124 e. The zero-order valence-electron chi connectivity index (χ0n) is 11.5. The van der Waals surface area contributed by atoms with Gasteiger partial charge in [-0.1, -0.05) is 30.3 Å². The van der Waals surface area contributed by atoms with Crippen molar-refractivity contribution in [1.82, 2.24) is 0 Å². The Bertz CT molecular complexity index is 613. The van der Waals surface area contributed by atoms with Gasteiger partial charge in [0.1, 0.15) is 17.1 Å². The molecule has 2 aromatic carbocycles. The fraction of sp³-hybridized carbons (Fsp3) is 0.294. The van der Waals surface area contributed by atoms with Crippen LogP contribution in [0, 0.1) is 0 Å². The predicted molar refractivity (Wildman–Crippen MR) is 75.7 cm³/mol. The van der Waals surface area contributed by atoms with E-state index in [2.05, 4.69) is 26.8 Å². The lowest BCUT2D eigenvalue weighted by atomic mass is 9.67. The second-order valence-electron chi connectivity index (χ2n) is 5.78. The SMILES string of the molecule is CC1(C)Oc2ccccc2C1(C)c1ccc(O)cc1. The van der Waals surface area contributed by atoms with Crippen LogP contribution >= 0.6 is 0 Å². The summed E-state index contributed by atoms with van der Waals surface area (Å²) in [6, 6.07) is 15.6. The van der Waals surface area contributed by atoms with Gasteiger partial charge in [0.05, 0.1) is 5.41 Å². The third-order valence-electron chi connectivity index (χ3n) is 4.44. The molecule has 0 saturated carbocycles. The molecule has 2 heteroatoms. The maximum absolute atomic E-state index is 9.48. The summed E-state index contributed by atoms with van der Waals surface area (Å²) in [4.78, 5) is 0. The van der Waals surface area contributed by atoms with Crippen molar-refractivity contribution in [2.75, 3.05) is 0 Å². The third-order valence-corrected chi connectivity index (χ3v) is 4.44. The van der Waals surface area contributed by atoms with Crippen LogP contribution in [0.2, 0.25) is 0 Å². The number of benzene rings is 2. The summed E-state index contributed by atoms with van der Waals surface area (Å²) in [6.07, 6.45) is 0. The second-order valence-corrected chi connectivity index (χ2v) is 5.78. The van der Waals surface area contributed by atoms with E-state index in [-0.39, 0.29) is 16.8 Å². The van der Waals surface area contributed by atoms with E-state index in [0.717, 1.165) is 11.3 Å². The van der Waals surface area contributed by atoms with Crippen LogP contribution < -0.4 is 4.74 Å². The maximum atomic E-state index is 9.48. The minimum Gasteiger partial charge on any atom is -0.508 e. The number of ether oxygens (including phenoxy) is 1. The van der Waals surface area contributed by atoms with Gasteiger partial charge >= 0.3 is 0 Å². The van der Waals surface area contributed by atoms with Crippen LogP contribution in [0.4, 0.5) is 0 Å². The van der Waals surface area contributed by atoms with Crippen molar-refractivity contribution in [2.24, 2.45) is 0 Å². The van der Waals surface area contributed by atoms with Crippen molar-refractivity contribution in [3.63, 3.8) is 0 Å². The zero-order chi connectivity index (χ0) is 13.7. The quantitative estimate of drug-likeness (QED) is 0.837. The van der Waals surface area contributed by atoms with E-state index in [9.17, 15) is 5.11 Å². The number of hydrogen-bond acceptors (Lipinski definition) is 2. The molecule has 0 saturated heterocycles. The summed E-state index contributed by atoms with van der Waals surface area (Å²) in [6.45, 7) is 6.42. The topological polar surface area (TPSA) is 29.5 Å². The molecule has 3 rings (SSSR count). The molecule has 98 valence electrons. The lowest BCUT2D eigenvalue weighted by Gasteiger charge is -2.37. The van der Waals surface area contributed by atoms with Crippen molar-refractivity contribution in [1.29, 1.82) is 0 Å². The number of aromatic hydroxyl groups is 1. The van der Waals surface area contributed by atoms with Gasteiger partial charge in [0.25, 0.3) is 0 Å². The minimum atomic E-state index is -0.326. The van der Waals surface area contributed by atoms with Crippen molar-refractivity contribution in [3.8, 4) is 11.5 Å². The first kappa shape index (κ1) is 12.1. The number of phenols is 1. The molecule has 1 heterocycles. The van der Waals surface area contributed by atoms with Crippen molar-refractivity contribution in [2.45, 2.75) is 31.8 Å². The molecule has 1 aliphatic rings. The zero-order valence-corrected chi connectivity index (χ0v) is 11.5. The number of rotatable bonds is 1. The Kier molecular flexibility index (Phi) is 2.40. The number of phenolic OH excluding ortho intramolecular Hbond substituents is 1. The highest BCUT2D eigenvalue weighted by Crippen LogP contribution is 2.52. The Balaban J connectivity index is 2.23. The minimum absolute atomic E-state index is 0.225. The molecule has 2 aromatic rings. The van der Waals surface area contributed by atoms with Crippen LogP contribution in [0.15, 0.2) is 48.5 Å². The highest BCUT2D eigenvalue weighted by atomic mass is 16.5. The molecule has 1 unspecified atom stereocenters. The van der Waals surface area contributed by atoms with Gasteiger partial charge in [-0.05, 0) is 44.5 Å². The monoisotopic (exact) mass is 254 g/mol. The average molecular weight is 254 g/mol. The Morgan fingerprint density at radius 2 is 1.53 bits per heavy atom. The van der Waals surface area contributed by atoms with E-state index in [4.69, 9.17) is 4.74 Å². The summed E-state index contributed by atoms with van der Waals surface area (Å²) in [5.74, 6) is 1.24. The van der Waals surface area contributed by atoms with Gasteiger partial charge in [0.2, 0.25) is 0 Å². The molecule has 0 spiro atoms. The van der Waals surface area contributed by atoms with Gasteiger partial charge in [-0.2, -0.15) is 0 Å². The molecule has 0 aliphatic carbocycles. The van der Waals surface area contributed by atoms with Crippen LogP contribution in [0.3, 0.4) is 0 Å². The predicted octanol–water partition coefficient (Wildman–Crippen LogP) is 3.87. The second kappa shape index (κ2) is 3.77. The highest BCUT2D eigenvalue weighted by Gasteiger charge is 2.52. The first-order valence-corrected chi connectivity index (χ1v) is 6.53.